The van der Waals surface area contributed by atoms with Crippen molar-refractivity contribution in [3.63, 3.8) is 0 Å². The first-order valence-corrected chi connectivity index (χ1v) is 5.80. The molecule has 0 aliphatic heterocycles. The summed E-state index contributed by atoms with van der Waals surface area (Å²) in [5.41, 5.74) is 0.810. The minimum Gasteiger partial charge on any atom is -0.477 e. The van der Waals surface area contributed by atoms with Crippen LogP contribution in [0, 0.1) is 17.2 Å². The molecule has 1 aromatic rings. The molecule has 0 fully saturated rings. The molecule has 1 atom stereocenters. The standard InChI is InChI=1S/C11H14N2O2S/c1-8(5-12)6-13(2)7-9-3-4-16-10(9)11(14)15/h3-4,8H,6-7H2,1-2H3,(H,14,15). The summed E-state index contributed by atoms with van der Waals surface area (Å²) < 4.78 is 0. The minimum absolute atomic E-state index is 0.0445. The number of rotatable bonds is 5. The van der Waals surface area contributed by atoms with Crippen LogP contribution in [0.2, 0.25) is 0 Å². The van der Waals surface area contributed by atoms with Crippen LogP contribution in [0.15, 0.2) is 11.4 Å². The Morgan fingerprint density at radius 2 is 2.44 bits per heavy atom. The molecule has 0 amide bonds. The molecule has 0 saturated carbocycles. The molecular formula is C11H14N2O2S. The third kappa shape index (κ3) is 3.33. The Hall–Kier alpha value is -1.38. The molecule has 0 radical (unpaired) electrons. The van der Waals surface area contributed by atoms with E-state index in [1.165, 1.54) is 11.3 Å². The Kier molecular flexibility index (Phi) is 4.47. The highest BCUT2D eigenvalue weighted by Crippen LogP contribution is 2.18. The first kappa shape index (κ1) is 12.7. The van der Waals surface area contributed by atoms with E-state index in [1.807, 2.05) is 24.9 Å². The number of nitrogens with zero attached hydrogens (tertiary/aromatic N) is 2. The normalized spacial score (nSPS) is 12.4. The fourth-order valence-corrected chi connectivity index (χ4v) is 2.26. The lowest BCUT2D eigenvalue weighted by atomic mass is 10.2. The van der Waals surface area contributed by atoms with Gasteiger partial charge in [-0.05, 0) is 31.0 Å². The van der Waals surface area contributed by atoms with Crippen molar-refractivity contribution in [2.45, 2.75) is 13.5 Å². The maximum atomic E-state index is 10.9. The van der Waals surface area contributed by atoms with E-state index in [2.05, 4.69) is 6.07 Å². The van der Waals surface area contributed by atoms with Gasteiger partial charge in [-0.1, -0.05) is 0 Å². The van der Waals surface area contributed by atoms with Crippen molar-refractivity contribution >= 4 is 17.3 Å². The van der Waals surface area contributed by atoms with E-state index in [4.69, 9.17) is 10.4 Å². The smallest absolute Gasteiger partial charge is 0.346 e. The monoisotopic (exact) mass is 238 g/mol. The molecule has 0 spiro atoms. The summed E-state index contributed by atoms with van der Waals surface area (Å²) in [5.74, 6) is -0.927. The zero-order valence-electron chi connectivity index (χ0n) is 9.30. The van der Waals surface area contributed by atoms with Gasteiger partial charge in [0.1, 0.15) is 4.88 Å². The van der Waals surface area contributed by atoms with Gasteiger partial charge < -0.3 is 10.0 Å². The molecule has 4 nitrogen and oxygen atoms in total. The Labute approximate surface area is 98.7 Å². The van der Waals surface area contributed by atoms with Crippen LogP contribution in [0.3, 0.4) is 0 Å². The van der Waals surface area contributed by atoms with Crippen LogP contribution in [0.5, 0.6) is 0 Å². The second-order valence-electron chi connectivity index (χ2n) is 3.81. The van der Waals surface area contributed by atoms with E-state index in [9.17, 15) is 4.79 Å². The zero-order valence-corrected chi connectivity index (χ0v) is 10.1. The molecule has 0 aliphatic rings. The zero-order chi connectivity index (χ0) is 12.1. The first-order valence-electron chi connectivity index (χ1n) is 4.92. The van der Waals surface area contributed by atoms with E-state index in [0.717, 1.165) is 5.56 Å². The summed E-state index contributed by atoms with van der Waals surface area (Å²) in [6.07, 6.45) is 0. The van der Waals surface area contributed by atoms with Crippen molar-refractivity contribution < 1.29 is 9.90 Å². The predicted octanol–water partition coefficient (Wildman–Crippen LogP) is 2.04. The van der Waals surface area contributed by atoms with Crippen LogP contribution in [0.1, 0.15) is 22.2 Å². The maximum absolute atomic E-state index is 10.9. The Morgan fingerprint density at radius 1 is 1.75 bits per heavy atom. The van der Waals surface area contributed by atoms with Crippen molar-refractivity contribution in [1.82, 2.24) is 4.90 Å². The number of aromatic carboxylic acids is 1. The van der Waals surface area contributed by atoms with Crippen molar-refractivity contribution in [3.8, 4) is 6.07 Å². The van der Waals surface area contributed by atoms with Gasteiger partial charge >= 0.3 is 5.97 Å². The van der Waals surface area contributed by atoms with Gasteiger partial charge in [0.25, 0.3) is 0 Å². The van der Waals surface area contributed by atoms with Crippen LogP contribution in [0.25, 0.3) is 0 Å². The van der Waals surface area contributed by atoms with Crippen LogP contribution in [0.4, 0.5) is 0 Å². The number of nitriles is 1. The third-order valence-corrected chi connectivity index (χ3v) is 3.13. The lowest BCUT2D eigenvalue weighted by Crippen LogP contribution is -2.23. The topological polar surface area (TPSA) is 64.3 Å². The molecule has 1 rings (SSSR count). The van der Waals surface area contributed by atoms with Gasteiger partial charge in [0.05, 0.1) is 12.0 Å². The number of thiophene rings is 1. The SMILES string of the molecule is CC(C#N)CN(C)Cc1ccsc1C(=O)O. The highest BCUT2D eigenvalue weighted by Gasteiger charge is 2.14. The summed E-state index contributed by atoms with van der Waals surface area (Å²) in [5, 5.41) is 19.4. The minimum atomic E-state index is -0.883. The Bertz CT molecular complexity index is 408. The molecule has 1 heterocycles. The van der Waals surface area contributed by atoms with Gasteiger partial charge in [-0.25, -0.2) is 4.79 Å². The van der Waals surface area contributed by atoms with E-state index in [1.54, 1.807) is 5.38 Å². The third-order valence-electron chi connectivity index (χ3n) is 2.19. The van der Waals surface area contributed by atoms with E-state index in [-0.39, 0.29) is 5.92 Å². The average molecular weight is 238 g/mol. The summed E-state index contributed by atoms with van der Waals surface area (Å²) in [6.45, 7) is 3.06. The molecule has 0 saturated heterocycles. The van der Waals surface area contributed by atoms with Gasteiger partial charge in [-0.2, -0.15) is 5.26 Å². The van der Waals surface area contributed by atoms with E-state index < -0.39 is 5.97 Å². The number of carboxylic acid groups (broad SMARTS) is 1. The lowest BCUT2D eigenvalue weighted by Gasteiger charge is -2.17. The fourth-order valence-electron chi connectivity index (χ4n) is 1.51. The molecule has 1 N–H and O–H groups in total. The number of carboxylic acids is 1. The predicted molar refractivity (Wildman–Crippen MR) is 62.4 cm³/mol. The summed E-state index contributed by atoms with van der Waals surface area (Å²) >= 11 is 1.23. The average Bonchev–Trinajstić information content (AvgIpc) is 2.65. The van der Waals surface area contributed by atoms with Crippen LogP contribution < -0.4 is 0 Å². The second-order valence-corrected chi connectivity index (χ2v) is 4.72. The lowest BCUT2D eigenvalue weighted by molar-refractivity contribution is 0.0700. The van der Waals surface area contributed by atoms with Crippen LogP contribution in [-0.4, -0.2) is 29.6 Å². The molecule has 0 aromatic carbocycles. The maximum Gasteiger partial charge on any atom is 0.346 e. The molecule has 1 unspecified atom stereocenters. The van der Waals surface area contributed by atoms with E-state index in [0.29, 0.717) is 18.0 Å². The Balaban J connectivity index is 2.63. The van der Waals surface area contributed by atoms with Crippen LogP contribution >= 0.6 is 11.3 Å². The van der Waals surface area contributed by atoms with Crippen molar-refractivity contribution in [1.29, 1.82) is 5.26 Å². The molecule has 1 aromatic heterocycles. The highest BCUT2D eigenvalue weighted by molar-refractivity contribution is 7.12. The van der Waals surface area contributed by atoms with Crippen molar-refractivity contribution in [2.75, 3.05) is 13.6 Å². The summed E-state index contributed by atoms with van der Waals surface area (Å²) in [6, 6.07) is 3.98. The molecular weight excluding hydrogens is 224 g/mol. The summed E-state index contributed by atoms with van der Waals surface area (Å²) in [4.78, 5) is 13.2. The van der Waals surface area contributed by atoms with Gasteiger partial charge in [0.15, 0.2) is 0 Å². The van der Waals surface area contributed by atoms with Gasteiger partial charge in [0.2, 0.25) is 0 Å². The fraction of sp³-hybridized carbons (Fsp3) is 0.455. The number of carbonyl (C=O) groups is 1. The van der Waals surface area contributed by atoms with Crippen molar-refractivity contribution in [2.24, 2.45) is 5.92 Å². The van der Waals surface area contributed by atoms with Gasteiger partial charge in [-0.15, -0.1) is 11.3 Å². The van der Waals surface area contributed by atoms with Crippen LogP contribution in [-0.2, 0) is 6.54 Å². The number of hydrogen-bond acceptors (Lipinski definition) is 4. The first-order chi connectivity index (χ1) is 7.54. The second kappa shape index (κ2) is 5.64. The van der Waals surface area contributed by atoms with E-state index >= 15 is 0 Å². The Morgan fingerprint density at radius 3 is 3.00 bits per heavy atom. The largest absolute Gasteiger partial charge is 0.477 e. The number of hydrogen-bond donors (Lipinski definition) is 1. The van der Waals surface area contributed by atoms with Crippen molar-refractivity contribution in [3.05, 3.63) is 21.9 Å². The molecule has 5 heteroatoms. The molecule has 0 aliphatic carbocycles. The molecule has 86 valence electrons. The van der Waals surface area contributed by atoms with Gasteiger partial charge in [0, 0.05) is 13.1 Å². The van der Waals surface area contributed by atoms with Gasteiger partial charge in [-0.3, -0.25) is 0 Å². The quantitative estimate of drug-likeness (QED) is 0.852. The molecule has 0 bridgehead atoms. The highest BCUT2D eigenvalue weighted by atomic mass is 32.1. The summed E-state index contributed by atoms with van der Waals surface area (Å²) in [7, 11) is 1.89. The molecule has 16 heavy (non-hydrogen) atoms.